The molecule has 3 aliphatic rings. The monoisotopic (exact) mass is 360 g/mol. The molecule has 0 bridgehead atoms. The molecule has 0 aromatic rings. The van der Waals surface area contributed by atoms with Crippen LogP contribution in [0.3, 0.4) is 0 Å². The van der Waals surface area contributed by atoms with E-state index in [0.29, 0.717) is 0 Å². The molecule has 2 fully saturated rings. The smallest absolute Gasteiger partial charge is 0.126 e. The maximum absolute atomic E-state index is 5.55. The molecule has 3 heterocycles. The second-order valence-corrected chi connectivity index (χ2v) is 10.5. The summed E-state index contributed by atoms with van der Waals surface area (Å²) < 4.78 is 14.1. The van der Waals surface area contributed by atoms with Gasteiger partial charge in [0, 0.05) is 30.8 Å². The minimum Gasteiger partial charge on any atom is -0.378 e. The lowest BCUT2D eigenvalue weighted by Gasteiger charge is -2.40. The molecule has 0 saturated carbocycles. The molecule has 4 nitrogen and oxygen atoms in total. The van der Waals surface area contributed by atoms with Gasteiger partial charge in [0.25, 0.3) is 0 Å². The number of nitrogens with zero attached hydrogens (tertiary/aromatic N) is 2. The highest BCUT2D eigenvalue weighted by molar-refractivity contribution is 8.64. The Balaban J connectivity index is 1.83. The van der Waals surface area contributed by atoms with Crippen LogP contribution in [0.4, 0.5) is 0 Å². The van der Waals surface area contributed by atoms with Crippen LogP contribution in [-0.4, -0.2) is 67.0 Å². The van der Waals surface area contributed by atoms with Crippen molar-refractivity contribution in [1.29, 1.82) is 0 Å². The Labute approximate surface area is 143 Å². The third kappa shape index (κ3) is 3.96. The maximum Gasteiger partial charge on any atom is 0.126 e. The van der Waals surface area contributed by atoms with Gasteiger partial charge in [-0.25, -0.2) is 0 Å². The molecule has 0 aromatic heterocycles. The Bertz CT molecular complexity index is 445. The maximum atomic E-state index is 5.55. The quantitative estimate of drug-likeness (QED) is 0.701. The van der Waals surface area contributed by atoms with Gasteiger partial charge < -0.3 is 19.3 Å². The van der Waals surface area contributed by atoms with Crippen molar-refractivity contribution < 1.29 is 9.47 Å². The average Bonchev–Trinajstić information content (AvgIpc) is 2.99. The second-order valence-electron chi connectivity index (χ2n) is 6.65. The molecule has 0 aromatic carbocycles. The summed E-state index contributed by atoms with van der Waals surface area (Å²) in [5.41, 5.74) is 0.266. The first-order valence-corrected chi connectivity index (χ1v) is 11.0. The minimum atomic E-state index is 0.266. The summed E-state index contributed by atoms with van der Waals surface area (Å²) in [5.74, 6) is 1.42. The zero-order valence-electron chi connectivity index (χ0n) is 13.6. The molecule has 0 spiro atoms. The molecule has 2 saturated heterocycles. The van der Waals surface area contributed by atoms with Crippen LogP contribution >= 0.6 is 30.5 Å². The number of hydrogen-bond acceptors (Lipinski definition) is 6. The van der Waals surface area contributed by atoms with Crippen molar-refractivity contribution in [3.05, 3.63) is 10.1 Å². The van der Waals surface area contributed by atoms with Gasteiger partial charge in [0.1, 0.15) is 5.82 Å². The van der Waals surface area contributed by atoms with E-state index < -0.39 is 0 Å². The standard InChI is InChI=1S/C15H25N2O2PS2/c1-15(2,3)14-20-22-13(21-14)12(16-4-8-18-9-5-16)17-6-10-19-11-7-17/h4-11H2,1-3H3. The van der Waals surface area contributed by atoms with Crippen LogP contribution in [0.5, 0.6) is 0 Å². The lowest BCUT2D eigenvalue weighted by atomic mass is 10.0. The van der Waals surface area contributed by atoms with Crippen LogP contribution in [-0.2, 0) is 9.47 Å². The summed E-state index contributed by atoms with van der Waals surface area (Å²) in [6, 6.07) is 0. The normalized spacial score (nSPS) is 24.5. The second kappa shape index (κ2) is 7.35. The van der Waals surface area contributed by atoms with E-state index in [1.165, 1.54) is 17.5 Å². The molecule has 3 rings (SSSR count). The Kier molecular flexibility index (Phi) is 5.67. The van der Waals surface area contributed by atoms with Gasteiger partial charge in [-0.3, -0.25) is 0 Å². The zero-order valence-corrected chi connectivity index (χ0v) is 16.2. The van der Waals surface area contributed by atoms with E-state index in [4.69, 9.17) is 9.47 Å². The van der Waals surface area contributed by atoms with E-state index in [-0.39, 0.29) is 5.41 Å². The third-order valence-electron chi connectivity index (χ3n) is 3.85. The van der Waals surface area contributed by atoms with Crippen LogP contribution in [0.15, 0.2) is 10.1 Å². The van der Waals surface area contributed by atoms with Crippen molar-refractivity contribution in [3.8, 4) is 0 Å². The summed E-state index contributed by atoms with van der Waals surface area (Å²) in [7, 11) is 1.41. The minimum absolute atomic E-state index is 0.266. The molecule has 0 N–H and O–H groups in total. The van der Waals surface area contributed by atoms with E-state index >= 15 is 0 Å². The number of rotatable bonds is 2. The molecule has 7 heteroatoms. The van der Waals surface area contributed by atoms with Gasteiger partial charge in [-0.15, -0.1) is 0 Å². The van der Waals surface area contributed by atoms with Gasteiger partial charge in [0.2, 0.25) is 0 Å². The van der Waals surface area contributed by atoms with Crippen molar-refractivity contribution in [2.45, 2.75) is 20.8 Å². The molecular formula is C15H25N2O2PS2. The Hall–Kier alpha value is 0.130. The number of morpholine rings is 2. The largest absolute Gasteiger partial charge is 0.378 e. The van der Waals surface area contributed by atoms with Crippen molar-refractivity contribution in [2.75, 3.05) is 52.6 Å². The molecule has 0 unspecified atom stereocenters. The summed E-state index contributed by atoms with van der Waals surface area (Å²) >= 11 is 3.98. The Morgan fingerprint density at radius 2 is 1.45 bits per heavy atom. The zero-order chi connectivity index (χ0) is 15.6. The van der Waals surface area contributed by atoms with Crippen LogP contribution in [0, 0.1) is 5.41 Å². The summed E-state index contributed by atoms with van der Waals surface area (Å²) in [4.78, 5) is 5.04. The fourth-order valence-electron chi connectivity index (χ4n) is 2.59. The predicted molar refractivity (Wildman–Crippen MR) is 98.4 cm³/mol. The first-order chi connectivity index (χ1) is 10.6. The highest BCUT2D eigenvalue weighted by Crippen LogP contribution is 2.54. The van der Waals surface area contributed by atoms with Gasteiger partial charge in [-0.2, -0.15) is 0 Å². The summed E-state index contributed by atoms with van der Waals surface area (Å²) in [6.45, 7) is 14.3. The van der Waals surface area contributed by atoms with Gasteiger partial charge in [-0.1, -0.05) is 43.9 Å². The number of ether oxygens (including phenoxy) is 2. The van der Waals surface area contributed by atoms with Gasteiger partial charge in [-0.05, 0) is 12.8 Å². The van der Waals surface area contributed by atoms with E-state index in [1.807, 2.05) is 23.1 Å². The van der Waals surface area contributed by atoms with E-state index in [9.17, 15) is 0 Å². The third-order valence-corrected chi connectivity index (χ3v) is 9.43. The topological polar surface area (TPSA) is 24.9 Å². The van der Waals surface area contributed by atoms with Gasteiger partial charge in [0.05, 0.1) is 30.7 Å². The summed E-state index contributed by atoms with van der Waals surface area (Å²) in [6.07, 6.45) is 0. The first-order valence-electron chi connectivity index (χ1n) is 7.89. The SMILES string of the molecule is CC(C)(C)C1=PSC(=C(N2CCOCC2)N2CCOCC2)S1. The number of thioether (sulfide) groups is 1. The molecule has 22 heavy (non-hydrogen) atoms. The van der Waals surface area contributed by atoms with Crippen LogP contribution in [0.2, 0.25) is 0 Å². The predicted octanol–water partition coefficient (Wildman–Crippen LogP) is 3.29. The lowest BCUT2D eigenvalue weighted by Crippen LogP contribution is -2.46. The molecule has 3 aliphatic heterocycles. The molecule has 0 radical (unpaired) electrons. The van der Waals surface area contributed by atoms with E-state index in [2.05, 4.69) is 30.6 Å². The average molecular weight is 360 g/mol. The highest BCUT2D eigenvalue weighted by atomic mass is 32.7. The highest BCUT2D eigenvalue weighted by Gasteiger charge is 2.31. The van der Waals surface area contributed by atoms with Crippen molar-refractivity contribution in [1.82, 2.24) is 9.80 Å². The summed E-state index contributed by atoms with van der Waals surface area (Å²) in [5, 5.41) is 0. The van der Waals surface area contributed by atoms with Crippen LogP contribution in [0.1, 0.15) is 20.8 Å². The Morgan fingerprint density at radius 1 is 0.955 bits per heavy atom. The lowest BCUT2D eigenvalue weighted by molar-refractivity contribution is 0.00874. The molecule has 0 aliphatic carbocycles. The molecular weight excluding hydrogens is 335 g/mol. The van der Waals surface area contributed by atoms with E-state index in [0.717, 1.165) is 52.6 Å². The molecule has 0 atom stereocenters. The fourth-order valence-corrected chi connectivity index (χ4v) is 8.12. The van der Waals surface area contributed by atoms with Crippen molar-refractivity contribution in [3.63, 3.8) is 0 Å². The van der Waals surface area contributed by atoms with Crippen molar-refractivity contribution in [2.24, 2.45) is 5.41 Å². The van der Waals surface area contributed by atoms with Gasteiger partial charge >= 0.3 is 0 Å². The van der Waals surface area contributed by atoms with Gasteiger partial charge in [0.15, 0.2) is 0 Å². The van der Waals surface area contributed by atoms with Crippen LogP contribution in [0.25, 0.3) is 0 Å². The first kappa shape index (κ1) is 17.0. The molecule has 0 amide bonds. The van der Waals surface area contributed by atoms with Crippen molar-refractivity contribution >= 4 is 35.2 Å². The van der Waals surface area contributed by atoms with Crippen LogP contribution < -0.4 is 0 Å². The van der Waals surface area contributed by atoms with E-state index in [1.54, 1.807) is 4.63 Å². The fraction of sp³-hybridized carbons (Fsp3) is 0.800. The number of hydrogen-bond donors (Lipinski definition) is 0. The Morgan fingerprint density at radius 3 is 1.86 bits per heavy atom. The molecule has 124 valence electrons.